The van der Waals surface area contributed by atoms with Crippen molar-refractivity contribution >= 4 is 17.4 Å². The molecule has 1 fully saturated rings. The Morgan fingerprint density at radius 3 is 2.25 bits per heavy atom. The summed E-state index contributed by atoms with van der Waals surface area (Å²) in [5.74, 6) is -0.106. The maximum atomic E-state index is 13.3. The van der Waals surface area contributed by atoms with Gasteiger partial charge in [-0.1, -0.05) is 26.0 Å². The van der Waals surface area contributed by atoms with Crippen LogP contribution in [-0.4, -0.2) is 73.1 Å². The summed E-state index contributed by atoms with van der Waals surface area (Å²) >= 11 is 0. The van der Waals surface area contributed by atoms with Crippen molar-refractivity contribution in [1.29, 1.82) is 0 Å². The lowest BCUT2D eigenvalue weighted by atomic mass is 9.94. The molecule has 194 valence electrons. The van der Waals surface area contributed by atoms with E-state index in [4.69, 9.17) is 14.2 Å². The molecule has 2 aromatic carbocycles. The highest BCUT2D eigenvalue weighted by molar-refractivity contribution is 6.46. The van der Waals surface area contributed by atoms with Gasteiger partial charge < -0.3 is 29.1 Å². The largest absolute Gasteiger partial charge is 0.507 e. The second kappa shape index (κ2) is 11.9. The number of carbonyl (C=O) groups is 2. The standard InChI is InChI=1S/C28H36N2O6/c1-7-29(8-2)16-17-30-24(21-10-9-11-22(34-5)27(21)35-6)23(26(32)28(30)33)25(31)19-12-14-20(15-13-19)36-18(3)4/h9-15,18,24,31H,7-8,16-17H2,1-6H3/b25-23+. The van der Waals surface area contributed by atoms with E-state index in [2.05, 4.69) is 4.90 Å². The van der Waals surface area contributed by atoms with E-state index in [9.17, 15) is 14.7 Å². The fourth-order valence-corrected chi connectivity index (χ4v) is 4.47. The molecule has 0 spiro atoms. The Morgan fingerprint density at radius 2 is 1.69 bits per heavy atom. The highest BCUT2D eigenvalue weighted by atomic mass is 16.5. The third-order valence-corrected chi connectivity index (χ3v) is 6.32. The van der Waals surface area contributed by atoms with Crippen molar-refractivity contribution in [3.63, 3.8) is 0 Å². The number of rotatable bonds is 11. The van der Waals surface area contributed by atoms with Crippen molar-refractivity contribution < 1.29 is 28.9 Å². The van der Waals surface area contributed by atoms with Crippen LogP contribution in [0.1, 0.15) is 44.9 Å². The van der Waals surface area contributed by atoms with Crippen LogP contribution in [0, 0.1) is 0 Å². The van der Waals surface area contributed by atoms with Crippen molar-refractivity contribution in [1.82, 2.24) is 9.80 Å². The Bertz CT molecular complexity index is 1110. The Morgan fingerprint density at radius 1 is 1.03 bits per heavy atom. The summed E-state index contributed by atoms with van der Waals surface area (Å²) in [6.45, 7) is 10.5. The zero-order chi connectivity index (χ0) is 26.4. The van der Waals surface area contributed by atoms with E-state index in [1.54, 1.807) is 42.5 Å². The maximum Gasteiger partial charge on any atom is 0.295 e. The molecule has 1 saturated heterocycles. The van der Waals surface area contributed by atoms with Gasteiger partial charge in [-0.05, 0) is 57.3 Å². The summed E-state index contributed by atoms with van der Waals surface area (Å²) in [5.41, 5.74) is 1.00. The Balaban J connectivity index is 2.15. The first-order valence-corrected chi connectivity index (χ1v) is 12.3. The maximum absolute atomic E-state index is 13.3. The van der Waals surface area contributed by atoms with Gasteiger partial charge in [-0.3, -0.25) is 9.59 Å². The third kappa shape index (κ3) is 5.49. The second-order valence-corrected chi connectivity index (χ2v) is 8.79. The van der Waals surface area contributed by atoms with Gasteiger partial charge in [-0.15, -0.1) is 0 Å². The van der Waals surface area contributed by atoms with Crippen LogP contribution in [0.25, 0.3) is 5.76 Å². The lowest BCUT2D eigenvalue weighted by Gasteiger charge is -2.29. The lowest BCUT2D eigenvalue weighted by molar-refractivity contribution is -0.140. The molecule has 0 aromatic heterocycles. The SMILES string of the molecule is CCN(CC)CCN1C(=O)C(=O)/C(=C(/O)c2ccc(OC(C)C)cc2)C1c1cccc(OC)c1OC. The monoisotopic (exact) mass is 496 g/mol. The fourth-order valence-electron chi connectivity index (χ4n) is 4.47. The summed E-state index contributed by atoms with van der Waals surface area (Å²) < 4.78 is 16.8. The minimum absolute atomic E-state index is 0.00102. The van der Waals surface area contributed by atoms with Gasteiger partial charge in [0.05, 0.1) is 31.9 Å². The molecule has 1 aliphatic rings. The van der Waals surface area contributed by atoms with Crippen molar-refractivity contribution in [2.45, 2.75) is 39.8 Å². The topological polar surface area (TPSA) is 88.5 Å². The van der Waals surface area contributed by atoms with Crippen molar-refractivity contribution in [2.24, 2.45) is 0 Å². The fraction of sp³-hybridized carbons (Fsp3) is 0.429. The van der Waals surface area contributed by atoms with E-state index in [1.165, 1.54) is 19.1 Å². The van der Waals surface area contributed by atoms with Crippen LogP contribution in [0.4, 0.5) is 0 Å². The molecule has 0 saturated carbocycles. The van der Waals surface area contributed by atoms with Crippen LogP contribution in [0.3, 0.4) is 0 Å². The van der Waals surface area contributed by atoms with Crippen LogP contribution < -0.4 is 14.2 Å². The molecule has 1 aliphatic heterocycles. The second-order valence-electron chi connectivity index (χ2n) is 8.79. The van der Waals surface area contributed by atoms with Crippen LogP contribution >= 0.6 is 0 Å². The smallest absolute Gasteiger partial charge is 0.295 e. The van der Waals surface area contributed by atoms with Crippen molar-refractivity contribution in [2.75, 3.05) is 40.4 Å². The summed E-state index contributed by atoms with van der Waals surface area (Å²) in [4.78, 5) is 30.3. The molecule has 2 aromatic rings. The highest BCUT2D eigenvalue weighted by Gasteiger charge is 2.47. The Labute approximate surface area is 213 Å². The van der Waals surface area contributed by atoms with Crippen molar-refractivity contribution in [3.8, 4) is 17.2 Å². The number of para-hydroxylation sites is 1. The van der Waals surface area contributed by atoms with Gasteiger partial charge in [-0.25, -0.2) is 0 Å². The molecule has 8 nitrogen and oxygen atoms in total. The van der Waals surface area contributed by atoms with Crippen LogP contribution in [0.15, 0.2) is 48.0 Å². The van der Waals surface area contributed by atoms with Crippen LogP contribution in [-0.2, 0) is 9.59 Å². The number of hydrogen-bond acceptors (Lipinski definition) is 7. The average Bonchev–Trinajstić information content (AvgIpc) is 3.13. The van der Waals surface area contributed by atoms with Gasteiger partial charge in [0.2, 0.25) is 0 Å². The van der Waals surface area contributed by atoms with Crippen LogP contribution in [0.5, 0.6) is 17.2 Å². The van der Waals surface area contributed by atoms with Crippen LogP contribution in [0.2, 0.25) is 0 Å². The molecular weight excluding hydrogens is 460 g/mol. The van der Waals surface area contributed by atoms with Gasteiger partial charge in [0.1, 0.15) is 11.5 Å². The predicted octanol–water partition coefficient (Wildman–Crippen LogP) is 4.25. The number of likely N-dealkylation sites (tertiary alicyclic amines) is 1. The molecule has 0 bridgehead atoms. The number of nitrogens with zero attached hydrogens (tertiary/aromatic N) is 2. The van der Waals surface area contributed by atoms with E-state index >= 15 is 0 Å². The number of ketones is 1. The third-order valence-electron chi connectivity index (χ3n) is 6.32. The molecule has 1 unspecified atom stereocenters. The highest BCUT2D eigenvalue weighted by Crippen LogP contribution is 2.45. The van der Waals surface area contributed by atoms with E-state index in [0.29, 0.717) is 41.5 Å². The first-order valence-electron chi connectivity index (χ1n) is 12.3. The minimum Gasteiger partial charge on any atom is -0.507 e. The predicted molar refractivity (Wildman–Crippen MR) is 139 cm³/mol. The molecule has 0 aliphatic carbocycles. The molecule has 36 heavy (non-hydrogen) atoms. The number of methoxy groups -OCH3 is 2. The normalized spacial score (nSPS) is 17.2. The van der Waals surface area contributed by atoms with Gasteiger partial charge in [0, 0.05) is 24.2 Å². The Hall–Kier alpha value is -3.52. The van der Waals surface area contributed by atoms with Gasteiger partial charge in [-0.2, -0.15) is 0 Å². The molecule has 1 heterocycles. The molecule has 3 rings (SSSR count). The summed E-state index contributed by atoms with van der Waals surface area (Å²) in [7, 11) is 3.04. The molecule has 1 atom stereocenters. The summed E-state index contributed by atoms with van der Waals surface area (Å²) in [5, 5.41) is 11.3. The number of aliphatic hydroxyl groups is 1. The number of ether oxygens (including phenoxy) is 3. The van der Waals surface area contributed by atoms with E-state index in [0.717, 1.165) is 13.1 Å². The van der Waals surface area contributed by atoms with E-state index in [1.807, 2.05) is 27.7 Å². The first-order chi connectivity index (χ1) is 17.3. The lowest BCUT2D eigenvalue weighted by Crippen LogP contribution is -2.38. The summed E-state index contributed by atoms with van der Waals surface area (Å²) in [6.07, 6.45) is 0.00102. The van der Waals surface area contributed by atoms with E-state index in [-0.39, 0.29) is 17.4 Å². The number of aliphatic hydroxyl groups excluding tert-OH is 1. The van der Waals surface area contributed by atoms with Gasteiger partial charge in [0.25, 0.3) is 11.7 Å². The Kier molecular flexibility index (Phi) is 8.98. The number of amides is 1. The molecule has 1 amide bonds. The minimum atomic E-state index is -0.836. The van der Waals surface area contributed by atoms with E-state index < -0.39 is 17.7 Å². The number of likely N-dealkylation sites (N-methyl/N-ethyl adjacent to an activating group) is 1. The quantitative estimate of drug-likeness (QED) is 0.283. The van der Waals surface area contributed by atoms with Gasteiger partial charge in [0.15, 0.2) is 11.5 Å². The number of carbonyl (C=O) groups excluding carboxylic acids is 2. The molecular formula is C28H36N2O6. The molecule has 0 radical (unpaired) electrons. The zero-order valence-corrected chi connectivity index (χ0v) is 21.9. The molecule has 8 heteroatoms. The number of benzene rings is 2. The molecule has 1 N–H and O–H groups in total. The first kappa shape index (κ1) is 27.1. The number of Topliss-reactive ketones (excluding diaryl/α,β-unsaturated/α-hetero) is 1. The average molecular weight is 497 g/mol. The number of hydrogen-bond donors (Lipinski definition) is 1. The van der Waals surface area contributed by atoms with Crippen molar-refractivity contribution in [3.05, 3.63) is 59.2 Å². The van der Waals surface area contributed by atoms with Gasteiger partial charge >= 0.3 is 0 Å². The zero-order valence-electron chi connectivity index (χ0n) is 21.9. The summed E-state index contributed by atoms with van der Waals surface area (Å²) in [6, 6.07) is 11.3.